The minimum atomic E-state index is -3.58. The highest BCUT2D eigenvalue weighted by molar-refractivity contribution is 7.90. The SMILES string of the molecule is Cc1ccc(OCCCOc2ccc(/C=C(/C#N)C(=O)Nc3nc(S(C)(=O)=O)ns3)cc2)cc1. The van der Waals surface area contributed by atoms with Crippen molar-refractivity contribution in [1.29, 1.82) is 5.26 Å². The second-order valence-corrected chi connectivity index (χ2v) is 9.87. The van der Waals surface area contributed by atoms with E-state index in [9.17, 15) is 18.5 Å². The number of amides is 1. The maximum Gasteiger partial charge on any atom is 0.268 e. The van der Waals surface area contributed by atoms with Gasteiger partial charge >= 0.3 is 0 Å². The highest BCUT2D eigenvalue weighted by atomic mass is 32.2. The third-order valence-electron chi connectivity index (χ3n) is 4.36. The molecule has 1 aromatic heterocycles. The number of aromatic nitrogens is 2. The van der Waals surface area contributed by atoms with E-state index in [1.807, 2.05) is 37.3 Å². The fraction of sp³-hybridized carbons (Fsp3) is 0.217. The molecule has 11 heteroatoms. The van der Waals surface area contributed by atoms with E-state index in [1.54, 1.807) is 24.3 Å². The van der Waals surface area contributed by atoms with Crippen molar-refractivity contribution >= 4 is 38.5 Å². The van der Waals surface area contributed by atoms with Crippen LogP contribution in [-0.4, -0.2) is 43.2 Å². The van der Waals surface area contributed by atoms with Crippen molar-refractivity contribution in [3.05, 3.63) is 65.2 Å². The lowest BCUT2D eigenvalue weighted by molar-refractivity contribution is -0.112. The molecule has 2 aromatic carbocycles. The highest BCUT2D eigenvalue weighted by Gasteiger charge is 2.17. The summed E-state index contributed by atoms with van der Waals surface area (Å²) in [7, 11) is -3.58. The number of benzene rings is 2. The second-order valence-electron chi connectivity index (χ2n) is 7.21. The van der Waals surface area contributed by atoms with E-state index in [1.165, 1.54) is 11.6 Å². The molecule has 0 saturated heterocycles. The average molecular weight is 499 g/mol. The zero-order valence-corrected chi connectivity index (χ0v) is 20.1. The van der Waals surface area contributed by atoms with Gasteiger partial charge in [0.05, 0.1) is 13.2 Å². The third-order valence-corrected chi connectivity index (χ3v) is 5.95. The minimum Gasteiger partial charge on any atom is -0.493 e. The second kappa shape index (κ2) is 11.4. The minimum absolute atomic E-state index is 0.0123. The normalized spacial score (nSPS) is 11.5. The van der Waals surface area contributed by atoms with Gasteiger partial charge in [0.25, 0.3) is 11.1 Å². The van der Waals surface area contributed by atoms with Crippen LogP contribution in [-0.2, 0) is 14.6 Å². The highest BCUT2D eigenvalue weighted by Crippen LogP contribution is 2.18. The van der Waals surface area contributed by atoms with Crippen molar-refractivity contribution in [3.8, 4) is 17.6 Å². The molecule has 0 atom stereocenters. The molecular formula is C23H22N4O5S2. The zero-order valence-electron chi connectivity index (χ0n) is 18.5. The number of anilines is 1. The number of carbonyl (C=O) groups is 1. The van der Waals surface area contributed by atoms with Gasteiger partial charge in [-0.25, -0.2) is 8.42 Å². The Kier molecular flexibility index (Phi) is 8.34. The van der Waals surface area contributed by atoms with Gasteiger partial charge in [0.2, 0.25) is 15.0 Å². The van der Waals surface area contributed by atoms with Gasteiger partial charge in [-0.15, -0.1) is 0 Å². The standard InChI is InChI=1S/C23H22N4O5S2/c1-16-4-8-19(9-5-16)31-12-3-13-32-20-10-6-17(7-11-20)14-18(15-24)21(28)25-22-26-23(27-33-22)34(2,29)30/h4-11,14H,3,12-13H2,1-2H3,(H,25,26,27,28)/b18-14-. The van der Waals surface area contributed by atoms with Gasteiger partial charge in [-0.05, 0) is 42.8 Å². The molecule has 1 amide bonds. The quantitative estimate of drug-likeness (QED) is 0.255. The molecule has 176 valence electrons. The Morgan fingerprint density at radius 3 is 2.21 bits per heavy atom. The number of rotatable bonds is 10. The van der Waals surface area contributed by atoms with Crippen molar-refractivity contribution in [2.45, 2.75) is 18.5 Å². The molecule has 0 radical (unpaired) electrons. The van der Waals surface area contributed by atoms with Crippen molar-refractivity contribution in [2.24, 2.45) is 0 Å². The van der Waals surface area contributed by atoms with Crippen molar-refractivity contribution in [1.82, 2.24) is 9.36 Å². The number of aryl methyl sites for hydroxylation is 1. The summed E-state index contributed by atoms with van der Waals surface area (Å²) in [4.78, 5) is 16.1. The molecule has 0 saturated carbocycles. The summed E-state index contributed by atoms with van der Waals surface area (Å²) in [5.41, 5.74) is 1.63. The number of nitrogens with zero attached hydrogens (tertiary/aromatic N) is 3. The Balaban J connectivity index is 1.49. The Morgan fingerprint density at radius 1 is 1.09 bits per heavy atom. The van der Waals surface area contributed by atoms with Crippen LogP contribution >= 0.6 is 11.5 Å². The molecule has 0 spiro atoms. The van der Waals surface area contributed by atoms with Crippen LogP contribution in [0.2, 0.25) is 0 Å². The third kappa shape index (κ3) is 7.40. The molecule has 3 rings (SSSR count). The molecule has 1 N–H and O–H groups in total. The van der Waals surface area contributed by atoms with Gasteiger partial charge in [0.1, 0.15) is 23.1 Å². The maximum absolute atomic E-state index is 12.3. The topological polar surface area (TPSA) is 131 Å². The van der Waals surface area contributed by atoms with E-state index in [-0.39, 0.29) is 15.9 Å². The summed E-state index contributed by atoms with van der Waals surface area (Å²) >= 11 is 0.717. The van der Waals surface area contributed by atoms with Gasteiger partial charge in [0.15, 0.2) is 0 Å². The largest absolute Gasteiger partial charge is 0.493 e. The summed E-state index contributed by atoms with van der Waals surface area (Å²) in [5, 5.41) is 11.3. The number of carbonyl (C=O) groups excluding carboxylic acids is 1. The Hall–Kier alpha value is -3.75. The average Bonchev–Trinajstić information content (AvgIpc) is 3.28. The van der Waals surface area contributed by atoms with Gasteiger partial charge in [-0.2, -0.15) is 14.6 Å². The van der Waals surface area contributed by atoms with Crippen LogP contribution in [0.3, 0.4) is 0 Å². The van der Waals surface area contributed by atoms with Crippen LogP contribution in [0.1, 0.15) is 17.5 Å². The first-order valence-electron chi connectivity index (χ1n) is 10.1. The van der Waals surface area contributed by atoms with Crippen molar-refractivity contribution in [2.75, 3.05) is 24.8 Å². The molecule has 0 aliphatic carbocycles. The van der Waals surface area contributed by atoms with E-state index in [0.29, 0.717) is 42.5 Å². The summed E-state index contributed by atoms with van der Waals surface area (Å²) in [6.07, 6.45) is 3.09. The molecule has 34 heavy (non-hydrogen) atoms. The molecule has 9 nitrogen and oxygen atoms in total. The Morgan fingerprint density at radius 2 is 1.68 bits per heavy atom. The maximum atomic E-state index is 12.3. The number of ether oxygens (including phenoxy) is 2. The Labute approximate surface area is 201 Å². The van der Waals surface area contributed by atoms with Gasteiger partial charge in [0, 0.05) is 24.2 Å². The van der Waals surface area contributed by atoms with Crippen LogP contribution < -0.4 is 14.8 Å². The van der Waals surface area contributed by atoms with E-state index in [4.69, 9.17) is 9.47 Å². The first-order valence-corrected chi connectivity index (χ1v) is 12.8. The lowest BCUT2D eigenvalue weighted by atomic mass is 10.1. The number of hydrogen-bond donors (Lipinski definition) is 1. The van der Waals surface area contributed by atoms with Crippen LogP contribution in [0.15, 0.2) is 59.3 Å². The zero-order chi connectivity index (χ0) is 24.6. The van der Waals surface area contributed by atoms with Gasteiger partial charge in [-0.1, -0.05) is 29.8 Å². The lowest BCUT2D eigenvalue weighted by Gasteiger charge is -2.08. The molecule has 0 aliphatic rings. The summed E-state index contributed by atoms with van der Waals surface area (Å²) < 4.78 is 37.9. The van der Waals surface area contributed by atoms with Crippen LogP contribution in [0.25, 0.3) is 6.08 Å². The summed E-state index contributed by atoms with van der Waals surface area (Å²) in [5.74, 6) is 0.756. The van der Waals surface area contributed by atoms with E-state index < -0.39 is 15.7 Å². The smallest absolute Gasteiger partial charge is 0.268 e. The number of hydrogen-bond acceptors (Lipinski definition) is 9. The van der Waals surface area contributed by atoms with Gasteiger partial charge in [-0.3, -0.25) is 10.1 Å². The van der Waals surface area contributed by atoms with Crippen LogP contribution in [0.5, 0.6) is 11.5 Å². The summed E-state index contributed by atoms with van der Waals surface area (Å²) in [6.45, 7) is 3.03. The Bertz CT molecular complexity index is 1310. The van der Waals surface area contributed by atoms with Crippen LogP contribution in [0, 0.1) is 18.3 Å². The number of sulfone groups is 1. The summed E-state index contributed by atoms with van der Waals surface area (Å²) in [6, 6.07) is 16.6. The molecule has 0 unspecified atom stereocenters. The van der Waals surface area contributed by atoms with E-state index >= 15 is 0 Å². The number of nitrogens with one attached hydrogen (secondary N) is 1. The molecular weight excluding hydrogens is 476 g/mol. The monoisotopic (exact) mass is 498 g/mol. The molecule has 0 aliphatic heterocycles. The fourth-order valence-electron chi connectivity index (χ4n) is 2.62. The first kappa shape index (κ1) is 24.9. The van der Waals surface area contributed by atoms with Gasteiger partial charge < -0.3 is 9.47 Å². The van der Waals surface area contributed by atoms with E-state index in [0.717, 1.165) is 12.0 Å². The predicted octanol–water partition coefficient (Wildman–Crippen LogP) is 3.64. The van der Waals surface area contributed by atoms with Crippen molar-refractivity contribution in [3.63, 3.8) is 0 Å². The molecule has 3 aromatic rings. The fourth-order valence-corrected chi connectivity index (χ4v) is 4.06. The lowest BCUT2D eigenvalue weighted by Crippen LogP contribution is -2.13. The van der Waals surface area contributed by atoms with Crippen molar-refractivity contribution < 1.29 is 22.7 Å². The first-order chi connectivity index (χ1) is 16.2. The molecule has 1 heterocycles. The van der Waals surface area contributed by atoms with E-state index in [2.05, 4.69) is 14.7 Å². The van der Waals surface area contributed by atoms with Crippen LogP contribution in [0.4, 0.5) is 5.13 Å². The molecule has 0 bridgehead atoms. The number of nitriles is 1. The molecule has 0 fully saturated rings. The predicted molar refractivity (Wildman–Crippen MR) is 128 cm³/mol.